The molecule has 24 heavy (non-hydrogen) atoms. The van der Waals surface area contributed by atoms with Crippen LogP contribution in [-0.4, -0.2) is 12.5 Å². The van der Waals surface area contributed by atoms with Crippen molar-refractivity contribution in [2.24, 2.45) is 0 Å². The van der Waals surface area contributed by atoms with Gasteiger partial charge in [-0.3, -0.25) is 4.79 Å². The van der Waals surface area contributed by atoms with Crippen molar-refractivity contribution in [2.45, 2.75) is 6.42 Å². The molecule has 0 aliphatic rings. The van der Waals surface area contributed by atoms with E-state index in [1.54, 1.807) is 0 Å². The Hall–Kier alpha value is -3.07. The van der Waals surface area contributed by atoms with Crippen LogP contribution in [0.1, 0.15) is 11.1 Å². The van der Waals surface area contributed by atoms with Gasteiger partial charge in [0, 0.05) is 5.69 Å². The normalized spacial score (nSPS) is 10.2. The van der Waals surface area contributed by atoms with E-state index in [0.29, 0.717) is 5.75 Å². The number of rotatable bonds is 6. The van der Waals surface area contributed by atoms with Crippen LogP contribution in [0.2, 0.25) is 0 Å². The summed E-state index contributed by atoms with van der Waals surface area (Å²) in [5.41, 5.74) is 3.11. The molecule has 0 saturated heterocycles. The highest BCUT2D eigenvalue weighted by atomic mass is 16.5. The fourth-order valence-electron chi connectivity index (χ4n) is 2.46. The highest BCUT2D eigenvalue weighted by Crippen LogP contribution is 2.19. The summed E-state index contributed by atoms with van der Waals surface area (Å²) in [6, 6.07) is 27.4. The average molecular weight is 317 g/mol. The van der Waals surface area contributed by atoms with Gasteiger partial charge in [-0.05, 0) is 35.7 Å². The number of ether oxygens (including phenoxy) is 1. The van der Waals surface area contributed by atoms with Crippen LogP contribution in [-0.2, 0) is 11.2 Å². The Balaban J connectivity index is 1.63. The molecule has 0 aliphatic carbocycles. The molecule has 3 heteroatoms. The van der Waals surface area contributed by atoms with Gasteiger partial charge in [0.2, 0.25) is 0 Å². The molecule has 0 unspecified atom stereocenters. The second-order valence-electron chi connectivity index (χ2n) is 5.47. The molecule has 3 nitrogen and oxygen atoms in total. The topological polar surface area (TPSA) is 38.3 Å². The lowest BCUT2D eigenvalue weighted by Crippen LogP contribution is -2.20. The molecule has 0 fully saturated rings. The van der Waals surface area contributed by atoms with E-state index in [1.807, 2.05) is 72.8 Å². The molecule has 0 aliphatic heterocycles. The number of amides is 1. The van der Waals surface area contributed by atoms with Crippen LogP contribution in [0.4, 0.5) is 5.69 Å². The summed E-state index contributed by atoms with van der Waals surface area (Å²) in [5, 5.41) is 2.94. The largest absolute Gasteiger partial charge is 0.484 e. The molecule has 0 aromatic heterocycles. The zero-order chi connectivity index (χ0) is 16.6. The summed E-state index contributed by atoms with van der Waals surface area (Å²) in [5.74, 6) is 0.518. The fourth-order valence-corrected chi connectivity index (χ4v) is 2.46. The predicted molar refractivity (Wildman–Crippen MR) is 96.3 cm³/mol. The first-order valence-corrected chi connectivity index (χ1v) is 7.91. The first kappa shape index (κ1) is 15.8. The van der Waals surface area contributed by atoms with Crippen molar-refractivity contribution in [1.29, 1.82) is 0 Å². The molecule has 0 spiro atoms. The van der Waals surface area contributed by atoms with Crippen molar-refractivity contribution in [2.75, 3.05) is 11.9 Å². The van der Waals surface area contributed by atoms with Gasteiger partial charge in [0.1, 0.15) is 5.75 Å². The van der Waals surface area contributed by atoms with Crippen LogP contribution in [0, 0.1) is 0 Å². The lowest BCUT2D eigenvalue weighted by atomic mass is 10.0. The lowest BCUT2D eigenvalue weighted by molar-refractivity contribution is -0.118. The van der Waals surface area contributed by atoms with E-state index < -0.39 is 0 Å². The average Bonchev–Trinajstić information content (AvgIpc) is 2.63. The predicted octanol–water partition coefficient (Wildman–Crippen LogP) is 4.29. The van der Waals surface area contributed by atoms with E-state index in [4.69, 9.17) is 4.74 Å². The maximum absolute atomic E-state index is 12.2. The van der Waals surface area contributed by atoms with Gasteiger partial charge in [0.05, 0.1) is 0 Å². The van der Waals surface area contributed by atoms with Crippen LogP contribution < -0.4 is 10.1 Å². The van der Waals surface area contributed by atoms with E-state index in [-0.39, 0.29) is 12.5 Å². The van der Waals surface area contributed by atoms with E-state index in [1.165, 1.54) is 5.56 Å². The van der Waals surface area contributed by atoms with Crippen molar-refractivity contribution in [1.82, 2.24) is 0 Å². The van der Waals surface area contributed by atoms with Gasteiger partial charge in [-0.15, -0.1) is 0 Å². The molecule has 3 aromatic carbocycles. The lowest BCUT2D eigenvalue weighted by Gasteiger charge is -2.12. The molecule has 0 radical (unpaired) electrons. The van der Waals surface area contributed by atoms with E-state index in [0.717, 1.165) is 17.7 Å². The molecule has 0 saturated carbocycles. The van der Waals surface area contributed by atoms with Crippen molar-refractivity contribution >= 4 is 11.6 Å². The number of nitrogens with one attached hydrogen (secondary N) is 1. The molecule has 120 valence electrons. The van der Waals surface area contributed by atoms with Crippen molar-refractivity contribution in [3.63, 3.8) is 0 Å². The molecule has 0 atom stereocenters. The summed E-state index contributed by atoms with van der Waals surface area (Å²) in [7, 11) is 0. The minimum atomic E-state index is -0.167. The Labute approximate surface area is 141 Å². The summed E-state index contributed by atoms with van der Waals surface area (Å²) in [6.07, 6.45) is 0.775. The first-order chi connectivity index (χ1) is 11.8. The third kappa shape index (κ3) is 4.46. The van der Waals surface area contributed by atoms with Crippen molar-refractivity contribution < 1.29 is 9.53 Å². The van der Waals surface area contributed by atoms with Gasteiger partial charge >= 0.3 is 0 Å². The number of carbonyl (C=O) groups is 1. The summed E-state index contributed by atoms with van der Waals surface area (Å²) in [4.78, 5) is 12.2. The van der Waals surface area contributed by atoms with Gasteiger partial charge in [-0.2, -0.15) is 0 Å². The van der Waals surface area contributed by atoms with E-state index in [2.05, 4.69) is 17.4 Å². The monoisotopic (exact) mass is 317 g/mol. The van der Waals surface area contributed by atoms with Gasteiger partial charge < -0.3 is 10.1 Å². The second-order valence-corrected chi connectivity index (χ2v) is 5.47. The maximum Gasteiger partial charge on any atom is 0.262 e. The summed E-state index contributed by atoms with van der Waals surface area (Å²) in [6.45, 7) is -0.0102. The standard InChI is InChI=1S/C21H19NO2/c23-21(16-24-19-12-5-2-6-13-19)22-20-14-8-7-11-18(20)15-17-9-3-1-4-10-17/h1-14H,15-16H2,(H,22,23). The van der Waals surface area contributed by atoms with Crippen LogP contribution in [0.15, 0.2) is 84.9 Å². The van der Waals surface area contributed by atoms with Gasteiger partial charge in [0.25, 0.3) is 5.91 Å². The van der Waals surface area contributed by atoms with Crippen LogP contribution in [0.3, 0.4) is 0 Å². The number of benzene rings is 3. The minimum Gasteiger partial charge on any atom is -0.484 e. The Morgan fingerprint density at radius 1 is 0.792 bits per heavy atom. The smallest absolute Gasteiger partial charge is 0.262 e. The molecular formula is C21H19NO2. The van der Waals surface area contributed by atoms with Gasteiger partial charge in [-0.25, -0.2) is 0 Å². The highest BCUT2D eigenvalue weighted by molar-refractivity contribution is 5.92. The maximum atomic E-state index is 12.2. The number of anilines is 1. The molecular weight excluding hydrogens is 298 g/mol. The zero-order valence-corrected chi connectivity index (χ0v) is 13.3. The summed E-state index contributed by atoms with van der Waals surface area (Å²) >= 11 is 0. The minimum absolute atomic E-state index is 0.0102. The third-order valence-corrected chi connectivity index (χ3v) is 3.64. The number of hydrogen-bond donors (Lipinski definition) is 1. The molecule has 3 rings (SSSR count). The summed E-state index contributed by atoms with van der Waals surface area (Å²) < 4.78 is 5.49. The first-order valence-electron chi connectivity index (χ1n) is 7.91. The number of para-hydroxylation sites is 2. The molecule has 3 aromatic rings. The van der Waals surface area contributed by atoms with E-state index in [9.17, 15) is 4.79 Å². The molecule has 1 N–H and O–H groups in total. The van der Waals surface area contributed by atoms with Crippen molar-refractivity contribution in [3.05, 3.63) is 96.1 Å². The number of carbonyl (C=O) groups excluding carboxylic acids is 1. The van der Waals surface area contributed by atoms with Gasteiger partial charge in [-0.1, -0.05) is 66.7 Å². The van der Waals surface area contributed by atoms with E-state index >= 15 is 0 Å². The third-order valence-electron chi connectivity index (χ3n) is 3.64. The molecule has 0 bridgehead atoms. The Bertz CT molecular complexity index is 785. The Kier molecular flexibility index (Phi) is 5.25. The van der Waals surface area contributed by atoms with Crippen LogP contribution >= 0.6 is 0 Å². The fraction of sp³-hybridized carbons (Fsp3) is 0.0952. The van der Waals surface area contributed by atoms with Crippen LogP contribution in [0.25, 0.3) is 0 Å². The highest BCUT2D eigenvalue weighted by Gasteiger charge is 2.08. The molecule has 1 amide bonds. The quantitative estimate of drug-likeness (QED) is 0.736. The second kappa shape index (κ2) is 7.97. The zero-order valence-electron chi connectivity index (χ0n) is 13.3. The Morgan fingerprint density at radius 2 is 1.42 bits per heavy atom. The van der Waals surface area contributed by atoms with Crippen molar-refractivity contribution in [3.8, 4) is 5.75 Å². The Morgan fingerprint density at radius 3 is 2.17 bits per heavy atom. The molecule has 0 heterocycles. The number of hydrogen-bond acceptors (Lipinski definition) is 2. The van der Waals surface area contributed by atoms with Crippen LogP contribution in [0.5, 0.6) is 5.75 Å². The van der Waals surface area contributed by atoms with Gasteiger partial charge in [0.15, 0.2) is 6.61 Å². The SMILES string of the molecule is O=C(COc1ccccc1)Nc1ccccc1Cc1ccccc1.